The highest BCUT2D eigenvalue weighted by Gasteiger charge is 2.05. The Balaban J connectivity index is 2.34. The number of hydrogen-bond donors (Lipinski definition) is 2. The molecule has 0 bridgehead atoms. The largest absolute Gasteiger partial charge is 0.398 e. The highest BCUT2D eigenvalue weighted by atomic mass is 32.2. The molecular formula is C13H13NO2S. The summed E-state index contributed by atoms with van der Waals surface area (Å²) in [4.78, 5) is 0. The van der Waals surface area contributed by atoms with Crippen LogP contribution in [0, 0.1) is 0 Å². The molecule has 0 heterocycles. The van der Waals surface area contributed by atoms with Crippen molar-refractivity contribution in [3.8, 4) is 11.1 Å². The monoisotopic (exact) mass is 247 g/mol. The van der Waals surface area contributed by atoms with Crippen LogP contribution in [0.3, 0.4) is 0 Å². The zero-order chi connectivity index (χ0) is 12.3. The van der Waals surface area contributed by atoms with Crippen LogP contribution in [0.15, 0.2) is 48.5 Å². The average Bonchev–Trinajstić information content (AvgIpc) is 2.32. The predicted octanol–water partition coefficient (Wildman–Crippen LogP) is 2.66. The number of hydrogen-bond acceptors (Lipinski definition) is 2. The van der Waals surface area contributed by atoms with E-state index in [0.717, 1.165) is 11.1 Å². The minimum absolute atomic E-state index is 0.0703. The number of nitrogen functional groups attached to an aromatic ring is 1. The fourth-order valence-corrected chi connectivity index (χ4v) is 2.20. The molecule has 2 rings (SSSR count). The molecule has 0 radical (unpaired) electrons. The summed E-state index contributed by atoms with van der Waals surface area (Å²) < 4.78 is 19.6. The molecule has 0 aliphatic rings. The van der Waals surface area contributed by atoms with Crippen molar-refractivity contribution < 1.29 is 8.76 Å². The molecule has 1 unspecified atom stereocenters. The summed E-state index contributed by atoms with van der Waals surface area (Å²) in [5, 5.41) is 0. The van der Waals surface area contributed by atoms with E-state index in [1.807, 2.05) is 42.5 Å². The Kier molecular flexibility index (Phi) is 3.56. The zero-order valence-electron chi connectivity index (χ0n) is 9.17. The van der Waals surface area contributed by atoms with Gasteiger partial charge >= 0.3 is 0 Å². The first-order valence-corrected chi connectivity index (χ1v) is 6.45. The molecule has 2 aromatic rings. The maximum absolute atomic E-state index is 10.7. The lowest BCUT2D eigenvalue weighted by Gasteiger charge is -2.07. The van der Waals surface area contributed by atoms with Gasteiger partial charge in [-0.3, -0.25) is 0 Å². The van der Waals surface area contributed by atoms with Crippen LogP contribution in [0.4, 0.5) is 5.69 Å². The lowest BCUT2D eigenvalue weighted by Crippen LogP contribution is -1.99. The van der Waals surface area contributed by atoms with E-state index in [-0.39, 0.29) is 5.75 Å². The summed E-state index contributed by atoms with van der Waals surface area (Å²) in [7, 11) is 0. The van der Waals surface area contributed by atoms with Gasteiger partial charge < -0.3 is 10.3 Å². The number of benzene rings is 2. The van der Waals surface area contributed by atoms with Crippen LogP contribution < -0.4 is 5.73 Å². The van der Waals surface area contributed by atoms with Gasteiger partial charge in [-0.1, -0.05) is 42.5 Å². The molecule has 17 heavy (non-hydrogen) atoms. The molecule has 0 aliphatic heterocycles. The molecule has 0 amide bonds. The van der Waals surface area contributed by atoms with Crippen molar-refractivity contribution in [3.05, 3.63) is 54.1 Å². The fraction of sp³-hybridized carbons (Fsp3) is 0.0769. The summed E-state index contributed by atoms with van der Waals surface area (Å²) in [6.07, 6.45) is 0. The molecular weight excluding hydrogens is 234 g/mol. The Morgan fingerprint density at radius 2 is 1.76 bits per heavy atom. The highest BCUT2D eigenvalue weighted by Crippen LogP contribution is 2.24. The summed E-state index contributed by atoms with van der Waals surface area (Å²) in [5.41, 5.74) is 9.20. The van der Waals surface area contributed by atoms with Crippen molar-refractivity contribution in [3.63, 3.8) is 0 Å². The van der Waals surface area contributed by atoms with Crippen LogP contribution in [-0.4, -0.2) is 8.76 Å². The number of anilines is 1. The third-order valence-corrected chi connectivity index (χ3v) is 3.09. The minimum atomic E-state index is -1.86. The van der Waals surface area contributed by atoms with Crippen molar-refractivity contribution >= 4 is 16.8 Å². The summed E-state index contributed by atoms with van der Waals surface area (Å²) in [6, 6.07) is 15.4. The Morgan fingerprint density at radius 1 is 1.06 bits per heavy atom. The van der Waals surface area contributed by atoms with Crippen molar-refractivity contribution in [2.75, 3.05) is 5.73 Å². The van der Waals surface area contributed by atoms with Gasteiger partial charge in [-0.25, -0.2) is 4.21 Å². The normalized spacial score (nSPS) is 12.3. The summed E-state index contributed by atoms with van der Waals surface area (Å²) >= 11 is -1.86. The lowest BCUT2D eigenvalue weighted by atomic mass is 10.0. The van der Waals surface area contributed by atoms with Crippen LogP contribution >= 0.6 is 0 Å². The van der Waals surface area contributed by atoms with E-state index < -0.39 is 11.1 Å². The van der Waals surface area contributed by atoms with E-state index in [1.165, 1.54) is 0 Å². The van der Waals surface area contributed by atoms with E-state index in [4.69, 9.17) is 10.3 Å². The second kappa shape index (κ2) is 5.12. The smallest absolute Gasteiger partial charge is 0.157 e. The molecule has 1 atom stereocenters. The van der Waals surface area contributed by atoms with Crippen molar-refractivity contribution in [2.45, 2.75) is 5.75 Å². The second-order valence-electron chi connectivity index (χ2n) is 3.75. The van der Waals surface area contributed by atoms with Gasteiger partial charge in [0.05, 0.1) is 5.75 Å². The van der Waals surface area contributed by atoms with Crippen LogP contribution in [0.2, 0.25) is 0 Å². The van der Waals surface area contributed by atoms with Crippen LogP contribution in [-0.2, 0) is 16.8 Å². The Hall–Kier alpha value is -1.65. The molecule has 3 N–H and O–H groups in total. The SMILES string of the molecule is Nc1cc(-c2ccccc2)ccc1CS(=O)O. The standard InChI is InChI=1S/C13H13NO2S/c14-13-8-11(10-4-2-1-3-5-10)6-7-12(13)9-17(15)16/h1-8H,9,14H2,(H,15,16). The fourth-order valence-electron chi connectivity index (χ4n) is 1.67. The second-order valence-corrected chi connectivity index (χ2v) is 4.68. The van der Waals surface area contributed by atoms with E-state index >= 15 is 0 Å². The van der Waals surface area contributed by atoms with Gasteiger partial charge in [0.2, 0.25) is 0 Å². The van der Waals surface area contributed by atoms with E-state index in [0.29, 0.717) is 11.3 Å². The molecule has 0 fully saturated rings. The minimum Gasteiger partial charge on any atom is -0.398 e. The van der Waals surface area contributed by atoms with Gasteiger partial charge in [0.25, 0.3) is 0 Å². The molecule has 88 valence electrons. The first-order chi connectivity index (χ1) is 8.16. The molecule has 0 saturated heterocycles. The quantitative estimate of drug-likeness (QED) is 0.647. The van der Waals surface area contributed by atoms with Crippen molar-refractivity contribution in [1.29, 1.82) is 0 Å². The van der Waals surface area contributed by atoms with Gasteiger partial charge in [-0.2, -0.15) is 0 Å². The molecule has 0 saturated carbocycles. The molecule has 0 spiro atoms. The van der Waals surface area contributed by atoms with E-state index in [1.54, 1.807) is 6.07 Å². The molecule has 2 aromatic carbocycles. The Morgan fingerprint density at radius 3 is 2.35 bits per heavy atom. The summed E-state index contributed by atoms with van der Waals surface area (Å²) in [5.74, 6) is 0.0703. The van der Waals surface area contributed by atoms with Crippen LogP contribution in [0.5, 0.6) is 0 Å². The van der Waals surface area contributed by atoms with Crippen LogP contribution in [0.1, 0.15) is 5.56 Å². The highest BCUT2D eigenvalue weighted by molar-refractivity contribution is 7.78. The van der Waals surface area contributed by atoms with Gasteiger partial charge in [0.1, 0.15) is 0 Å². The molecule has 0 aromatic heterocycles. The number of rotatable bonds is 3. The van der Waals surface area contributed by atoms with Gasteiger partial charge in [-0.05, 0) is 22.8 Å². The predicted molar refractivity (Wildman–Crippen MR) is 70.8 cm³/mol. The molecule has 0 aliphatic carbocycles. The third-order valence-electron chi connectivity index (χ3n) is 2.53. The van der Waals surface area contributed by atoms with Crippen molar-refractivity contribution in [2.24, 2.45) is 0 Å². The maximum Gasteiger partial charge on any atom is 0.157 e. The van der Waals surface area contributed by atoms with E-state index in [2.05, 4.69) is 0 Å². The van der Waals surface area contributed by atoms with Crippen LogP contribution in [0.25, 0.3) is 11.1 Å². The molecule has 3 nitrogen and oxygen atoms in total. The maximum atomic E-state index is 10.7. The van der Waals surface area contributed by atoms with Crippen molar-refractivity contribution in [1.82, 2.24) is 0 Å². The number of nitrogens with two attached hydrogens (primary N) is 1. The van der Waals surface area contributed by atoms with Gasteiger partial charge in [0, 0.05) is 5.69 Å². The zero-order valence-corrected chi connectivity index (χ0v) is 9.98. The van der Waals surface area contributed by atoms with Gasteiger partial charge in [-0.15, -0.1) is 0 Å². The third kappa shape index (κ3) is 2.93. The Labute approximate surface area is 103 Å². The average molecular weight is 247 g/mol. The van der Waals surface area contributed by atoms with E-state index in [9.17, 15) is 4.21 Å². The first-order valence-electron chi connectivity index (χ1n) is 5.18. The first kappa shape index (κ1) is 11.8. The topological polar surface area (TPSA) is 63.3 Å². The summed E-state index contributed by atoms with van der Waals surface area (Å²) in [6.45, 7) is 0. The van der Waals surface area contributed by atoms with Gasteiger partial charge in [0.15, 0.2) is 11.1 Å². The Bertz CT molecular complexity index is 540. The lowest BCUT2D eigenvalue weighted by molar-refractivity contribution is 0.563. The molecule has 4 heteroatoms.